The van der Waals surface area contributed by atoms with Gasteiger partial charge in [-0.2, -0.15) is 5.10 Å². The molecular weight excluding hydrogens is 394 g/mol. The Morgan fingerprint density at radius 2 is 1.97 bits per heavy atom. The quantitative estimate of drug-likeness (QED) is 0.341. The Labute approximate surface area is 178 Å². The van der Waals surface area contributed by atoms with Gasteiger partial charge in [-0.3, -0.25) is 14.7 Å². The zero-order valence-corrected chi connectivity index (χ0v) is 17.3. The minimum Gasteiger partial charge on any atom is -0.508 e. The first kappa shape index (κ1) is 20.6. The van der Waals surface area contributed by atoms with Gasteiger partial charge < -0.3 is 20.7 Å². The minimum atomic E-state index is -0.682. The third-order valence-electron chi connectivity index (χ3n) is 5.44. The summed E-state index contributed by atoms with van der Waals surface area (Å²) in [7, 11) is 0. The molecule has 0 spiro atoms. The number of para-hydroxylation sites is 1. The molecule has 0 aliphatic carbocycles. The molecule has 1 amide bonds. The molecule has 0 bridgehead atoms. The fourth-order valence-corrected chi connectivity index (χ4v) is 3.82. The minimum absolute atomic E-state index is 0.0877. The molecule has 1 unspecified atom stereocenters. The predicted molar refractivity (Wildman–Crippen MR) is 120 cm³/mol. The number of hydrogen-bond acceptors (Lipinski definition) is 5. The number of amides is 1. The number of carbonyl (C=O) groups excluding carboxylic acids is 1. The summed E-state index contributed by atoms with van der Waals surface area (Å²) in [5, 5.41) is 20.9. The second-order valence-electron chi connectivity index (χ2n) is 7.67. The molecule has 0 saturated heterocycles. The number of aromatic amines is 1. The van der Waals surface area contributed by atoms with Gasteiger partial charge in [-0.1, -0.05) is 30.3 Å². The van der Waals surface area contributed by atoms with Gasteiger partial charge in [0.15, 0.2) is 0 Å². The molecule has 4 aromatic rings. The van der Waals surface area contributed by atoms with Gasteiger partial charge in [-0.05, 0) is 43.5 Å². The first-order chi connectivity index (χ1) is 15.0. The lowest BCUT2D eigenvalue weighted by Gasteiger charge is -2.14. The molecule has 0 fully saturated rings. The van der Waals surface area contributed by atoms with Crippen molar-refractivity contribution in [3.63, 3.8) is 0 Å². The highest BCUT2D eigenvalue weighted by atomic mass is 16.3. The number of carbonyl (C=O) groups is 1. The van der Waals surface area contributed by atoms with Gasteiger partial charge in [0.1, 0.15) is 11.3 Å². The van der Waals surface area contributed by atoms with E-state index in [1.807, 2.05) is 31.2 Å². The third kappa shape index (κ3) is 4.15. The maximum absolute atomic E-state index is 13.1. The summed E-state index contributed by atoms with van der Waals surface area (Å²) in [6.07, 6.45) is 0.969. The maximum atomic E-state index is 13.1. The zero-order chi connectivity index (χ0) is 22.0. The monoisotopic (exact) mass is 419 g/mol. The number of H-pyrrole nitrogens is 1. The van der Waals surface area contributed by atoms with E-state index in [1.165, 1.54) is 0 Å². The zero-order valence-electron chi connectivity index (χ0n) is 17.3. The van der Waals surface area contributed by atoms with Crippen LogP contribution < -0.4 is 16.6 Å². The summed E-state index contributed by atoms with van der Waals surface area (Å²) in [6.45, 7) is 2.71. The van der Waals surface area contributed by atoms with Crippen molar-refractivity contribution in [3.8, 4) is 5.75 Å². The molecule has 2 aromatic heterocycles. The summed E-state index contributed by atoms with van der Waals surface area (Å²) < 4.78 is 1.74. The summed E-state index contributed by atoms with van der Waals surface area (Å²) >= 11 is 0. The van der Waals surface area contributed by atoms with E-state index in [2.05, 4.69) is 15.5 Å². The van der Waals surface area contributed by atoms with E-state index in [4.69, 9.17) is 5.73 Å². The molecule has 0 aliphatic heterocycles. The number of fused-ring (bicyclic) bond motifs is 3. The molecule has 0 radical (unpaired) electrons. The van der Waals surface area contributed by atoms with E-state index in [1.54, 1.807) is 28.8 Å². The van der Waals surface area contributed by atoms with Crippen LogP contribution in [0.25, 0.3) is 21.8 Å². The summed E-state index contributed by atoms with van der Waals surface area (Å²) in [5.41, 5.74) is 9.04. The number of aromatic hydroxyl groups is 1. The number of hydrogen-bond donors (Lipinski definition) is 4. The van der Waals surface area contributed by atoms with Crippen LogP contribution in [0, 0.1) is 6.92 Å². The molecule has 1 atom stereocenters. The topological polar surface area (TPSA) is 126 Å². The van der Waals surface area contributed by atoms with E-state index in [-0.39, 0.29) is 17.2 Å². The summed E-state index contributed by atoms with van der Waals surface area (Å²) in [6, 6.07) is 13.6. The Kier molecular flexibility index (Phi) is 5.73. The number of nitrogens with zero attached hydrogens (tertiary/aromatic N) is 2. The average molecular weight is 419 g/mol. The van der Waals surface area contributed by atoms with Crippen LogP contribution >= 0.6 is 0 Å². The van der Waals surface area contributed by atoms with Crippen molar-refractivity contribution >= 4 is 27.7 Å². The van der Waals surface area contributed by atoms with Crippen LogP contribution in [0.5, 0.6) is 5.75 Å². The molecular formula is C23H25N5O3. The molecule has 160 valence electrons. The average Bonchev–Trinajstić information content (AvgIpc) is 3.16. The van der Waals surface area contributed by atoms with Crippen molar-refractivity contribution in [1.29, 1.82) is 0 Å². The Hall–Kier alpha value is -3.65. The Balaban J connectivity index is 1.42. The van der Waals surface area contributed by atoms with Crippen molar-refractivity contribution in [1.82, 2.24) is 20.1 Å². The van der Waals surface area contributed by atoms with Crippen LogP contribution in [0.15, 0.2) is 53.3 Å². The number of nitrogens with two attached hydrogens (primary N) is 1. The number of aromatic nitrogens is 3. The lowest BCUT2D eigenvalue weighted by molar-refractivity contribution is -0.122. The highest BCUT2D eigenvalue weighted by Gasteiger charge is 2.16. The van der Waals surface area contributed by atoms with E-state index in [0.717, 1.165) is 22.2 Å². The fraction of sp³-hybridized carbons (Fsp3) is 0.261. The van der Waals surface area contributed by atoms with Crippen molar-refractivity contribution in [2.75, 3.05) is 6.54 Å². The Bertz CT molecular complexity index is 1290. The molecule has 31 heavy (non-hydrogen) atoms. The predicted octanol–water partition coefficient (Wildman–Crippen LogP) is 1.97. The van der Waals surface area contributed by atoms with Crippen LogP contribution in [0.4, 0.5) is 0 Å². The van der Waals surface area contributed by atoms with Gasteiger partial charge >= 0.3 is 0 Å². The summed E-state index contributed by atoms with van der Waals surface area (Å²) in [5.74, 6) is -0.0697. The number of nitrogens with one attached hydrogen (secondary N) is 2. The molecule has 0 aliphatic rings. The fourth-order valence-electron chi connectivity index (χ4n) is 3.82. The number of phenols is 1. The van der Waals surface area contributed by atoms with Crippen molar-refractivity contribution < 1.29 is 9.90 Å². The van der Waals surface area contributed by atoms with E-state index < -0.39 is 6.04 Å². The van der Waals surface area contributed by atoms with Crippen molar-refractivity contribution in [2.45, 2.75) is 32.4 Å². The molecule has 8 heteroatoms. The maximum Gasteiger partial charge on any atom is 0.262 e. The number of rotatable bonds is 7. The normalized spacial score (nSPS) is 12.3. The lowest BCUT2D eigenvalue weighted by Crippen LogP contribution is -2.42. The van der Waals surface area contributed by atoms with Crippen LogP contribution in [-0.2, 0) is 17.8 Å². The van der Waals surface area contributed by atoms with E-state index in [9.17, 15) is 14.7 Å². The van der Waals surface area contributed by atoms with Crippen LogP contribution in [0.1, 0.15) is 17.7 Å². The van der Waals surface area contributed by atoms with E-state index >= 15 is 0 Å². The van der Waals surface area contributed by atoms with Gasteiger partial charge in [0, 0.05) is 24.2 Å². The Morgan fingerprint density at radius 1 is 1.23 bits per heavy atom. The highest BCUT2D eigenvalue weighted by Crippen LogP contribution is 2.22. The van der Waals surface area contributed by atoms with Crippen LogP contribution in [0.3, 0.4) is 0 Å². The number of pyridine rings is 1. The van der Waals surface area contributed by atoms with Gasteiger partial charge in [-0.15, -0.1) is 0 Å². The number of benzene rings is 2. The van der Waals surface area contributed by atoms with Crippen molar-refractivity contribution in [2.24, 2.45) is 5.73 Å². The standard InChI is InChI=1S/C23H25N5O3/c1-14-20-21(27-26-14)17-5-2-3-6-19(17)28(23(20)31)12-4-11-25-22(30)18(24)13-15-7-9-16(29)10-8-15/h2-3,5-10,18,29H,4,11-13,24H2,1H3,(H,25,30)(H,26,27). The SMILES string of the molecule is Cc1[nH]nc2c1c(=O)n(CCCNC(=O)C(N)Cc1ccc(O)cc1)c1ccccc21. The van der Waals surface area contributed by atoms with Gasteiger partial charge in [-0.25, -0.2) is 0 Å². The van der Waals surface area contributed by atoms with Crippen LogP contribution in [-0.4, -0.2) is 38.4 Å². The van der Waals surface area contributed by atoms with E-state index in [0.29, 0.717) is 36.8 Å². The number of aryl methyl sites for hydroxylation is 2. The highest BCUT2D eigenvalue weighted by molar-refractivity contribution is 6.03. The third-order valence-corrected chi connectivity index (χ3v) is 5.44. The smallest absolute Gasteiger partial charge is 0.262 e. The number of phenolic OH excluding ortho intramolecular Hbond substituents is 1. The molecule has 5 N–H and O–H groups in total. The molecule has 2 aromatic carbocycles. The van der Waals surface area contributed by atoms with Crippen LogP contribution in [0.2, 0.25) is 0 Å². The Morgan fingerprint density at radius 3 is 2.74 bits per heavy atom. The second kappa shape index (κ2) is 8.61. The second-order valence-corrected chi connectivity index (χ2v) is 7.67. The molecule has 8 nitrogen and oxygen atoms in total. The first-order valence-electron chi connectivity index (χ1n) is 10.2. The van der Waals surface area contributed by atoms with Gasteiger partial charge in [0.2, 0.25) is 5.91 Å². The van der Waals surface area contributed by atoms with Crippen molar-refractivity contribution in [3.05, 3.63) is 70.1 Å². The summed E-state index contributed by atoms with van der Waals surface area (Å²) in [4.78, 5) is 25.4. The molecule has 2 heterocycles. The van der Waals surface area contributed by atoms with Gasteiger partial charge in [0.05, 0.1) is 16.9 Å². The first-order valence-corrected chi connectivity index (χ1v) is 10.2. The largest absolute Gasteiger partial charge is 0.508 e. The molecule has 4 rings (SSSR count). The molecule has 0 saturated carbocycles. The van der Waals surface area contributed by atoms with Gasteiger partial charge in [0.25, 0.3) is 5.56 Å². The lowest BCUT2D eigenvalue weighted by atomic mass is 10.1.